The Morgan fingerprint density at radius 2 is 2.00 bits per heavy atom. The van der Waals surface area contributed by atoms with Gasteiger partial charge in [-0.05, 0) is 41.1 Å². The zero-order chi connectivity index (χ0) is 19.5. The van der Waals surface area contributed by atoms with Gasteiger partial charge in [-0.2, -0.15) is 0 Å². The number of anilines is 1. The number of hydrogen-bond acceptors (Lipinski definition) is 8. The first kappa shape index (κ1) is 17.7. The van der Waals surface area contributed by atoms with E-state index in [2.05, 4.69) is 25.5 Å². The molecule has 0 saturated carbocycles. The minimum absolute atomic E-state index is 0.466. The van der Waals surface area contributed by atoms with Crippen LogP contribution in [0.3, 0.4) is 0 Å². The molecule has 0 bridgehead atoms. The summed E-state index contributed by atoms with van der Waals surface area (Å²) in [4.78, 5) is 8.78. The summed E-state index contributed by atoms with van der Waals surface area (Å²) in [5.41, 5.74) is 8.88. The number of aromatic nitrogens is 6. The highest BCUT2D eigenvalue weighted by Crippen LogP contribution is 2.34. The molecule has 4 aromatic rings. The molecule has 0 radical (unpaired) electrons. The second kappa shape index (κ2) is 7.47. The molecule has 9 heteroatoms. The van der Waals surface area contributed by atoms with Crippen LogP contribution in [0, 0.1) is 0 Å². The van der Waals surface area contributed by atoms with Gasteiger partial charge >= 0.3 is 0 Å². The average molecular weight is 377 g/mol. The van der Waals surface area contributed by atoms with Gasteiger partial charge in [0.15, 0.2) is 11.5 Å². The molecule has 0 spiro atoms. The molecule has 0 saturated heterocycles. The number of ether oxygens (including phenoxy) is 2. The van der Waals surface area contributed by atoms with Crippen LogP contribution in [0.25, 0.3) is 22.4 Å². The molecule has 9 nitrogen and oxygen atoms in total. The summed E-state index contributed by atoms with van der Waals surface area (Å²) in [6.45, 7) is 2.89. The van der Waals surface area contributed by atoms with Gasteiger partial charge < -0.3 is 15.2 Å². The highest BCUT2D eigenvalue weighted by atomic mass is 16.5. The molecular weight excluding hydrogens is 358 g/mol. The van der Waals surface area contributed by atoms with Crippen molar-refractivity contribution in [1.29, 1.82) is 0 Å². The third-order valence-electron chi connectivity index (χ3n) is 4.25. The maximum absolute atomic E-state index is 5.88. The zero-order valence-electron chi connectivity index (χ0n) is 15.5. The molecule has 0 aliphatic carbocycles. The molecule has 28 heavy (non-hydrogen) atoms. The van der Waals surface area contributed by atoms with Gasteiger partial charge in [-0.25, -0.2) is 14.6 Å². The first-order chi connectivity index (χ1) is 13.7. The Labute approximate surface area is 161 Å². The fraction of sp³-hybridized carbons (Fsp3) is 0.211. The molecule has 0 unspecified atom stereocenters. The number of methoxy groups -OCH3 is 1. The summed E-state index contributed by atoms with van der Waals surface area (Å²) in [6, 6.07) is 11.3. The van der Waals surface area contributed by atoms with E-state index in [-0.39, 0.29) is 0 Å². The van der Waals surface area contributed by atoms with Gasteiger partial charge in [-0.15, -0.1) is 5.10 Å². The number of nitrogen functional groups attached to an aromatic ring is 1. The summed E-state index contributed by atoms with van der Waals surface area (Å²) in [5.74, 6) is 1.75. The number of nitrogens with zero attached hydrogens (tertiary/aromatic N) is 6. The third kappa shape index (κ3) is 3.29. The van der Waals surface area contributed by atoms with Gasteiger partial charge in [0.25, 0.3) is 0 Å². The summed E-state index contributed by atoms with van der Waals surface area (Å²) >= 11 is 0. The van der Waals surface area contributed by atoms with Crippen molar-refractivity contribution in [3.8, 4) is 23.0 Å². The van der Waals surface area contributed by atoms with E-state index in [0.29, 0.717) is 47.4 Å². The molecule has 2 aromatic heterocycles. The number of benzene rings is 2. The van der Waals surface area contributed by atoms with Crippen molar-refractivity contribution >= 4 is 16.6 Å². The van der Waals surface area contributed by atoms with Crippen LogP contribution in [0.15, 0.2) is 42.7 Å². The zero-order valence-corrected chi connectivity index (χ0v) is 15.5. The molecule has 142 valence electrons. The summed E-state index contributed by atoms with van der Waals surface area (Å²) < 4.78 is 12.8. The van der Waals surface area contributed by atoms with E-state index in [1.807, 2.05) is 43.3 Å². The fourth-order valence-corrected chi connectivity index (χ4v) is 3.02. The lowest BCUT2D eigenvalue weighted by atomic mass is 10.1. The lowest BCUT2D eigenvalue weighted by Gasteiger charge is -2.12. The molecule has 0 aliphatic heterocycles. The van der Waals surface area contributed by atoms with Gasteiger partial charge in [-0.3, -0.25) is 0 Å². The van der Waals surface area contributed by atoms with Crippen molar-refractivity contribution in [2.24, 2.45) is 0 Å². The van der Waals surface area contributed by atoms with Gasteiger partial charge in [-0.1, -0.05) is 12.1 Å². The van der Waals surface area contributed by atoms with Gasteiger partial charge in [0.05, 0.1) is 25.8 Å². The second-order valence-corrected chi connectivity index (χ2v) is 6.08. The number of fused-ring (bicyclic) bond motifs is 1. The normalized spacial score (nSPS) is 10.9. The Hall–Kier alpha value is -3.75. The molecule has 2 heterocycles. The smallest absolute Gasteiger partial charge is 0.201 e. The molecule has 2 N–H and O–H groups in total. The van der Waals surface area contributed by atoms with E-state index in [9.17, 15) is 0 Å². The fourth-order valence-electron chi connectivity index (χ4n) is 3.02. The molecule has 2 aromatic carbocycles. The highest BCUT2D eigenvalue weighted by Gasteiger charge is 2.17. The molecule has 4 rings (SSSR count). The van der Waals surface area contributed by atoms with Crippen LogP contribution in [0.2, 0.25) is 0 Å². The maximum atomic E-state index is 5.88. The van der Waals surface area contributed by atoms with E-state index < -0.39 is 0 Å². The number of tetrazole rings is 1. The largest absolute Gasteiger partial charge is 0.493 e. The number of rotatable bonds is 6. The van der Waals surface area contributed by atoms with Gasteiger partial charge in [0, 0.05) is 17.1 Å². The van der Waals surface area contributed by atoms with Gasteiger partial charge in [0.2, 0.25) is 5.82 Å². The topological polar surface area (TPSA) is 114 Å². The first-order valence-corrected chi connectivity index (χ1v) is 8.76. The van der Waals surface area contributed by atoms with Crippen LogP contribution >= 0.6 is 0 Å². The molecule has 0 amide bonds. The molecular formula is C19H19N7O2. The Morgan fingerprint density at radius 3 is 2.79 bits per heavy atom. The minimum atomic E-state index is 0.466. The van der Waals surface area contributed by atoms with E-state index in [1.165, 1.54) is 6.33 Å². The highest BCUT2D eigenvalue weighted by molar-refractivity contribution is 5.92. The van der Waals surface area contributed by atoms with Crippen LogP contribution < -0.4 is 15.2 Å². The SMILES string of the molecule is CCOc1cc2c(-c3nnnn3Cc3cccc(N)c3)ncnc2cc1OC. The van der Waals surface area contributed by atoms with E-state index in [4.69, 9.17) is 15.2 Å². The van der Waals surface area contributed by atoms with Gasteiger partial charge in [0.1, 0.15) is 12.0 Å². The monoisotopic (exact) mass is 377 g/mol. The lowest BCUT2D eigenvalue weighted by molar-refractivity contribution is 0.311. The van der Waals surface area contributed by atoms with E-state index in [1.54, 1.807) is 11.8 Å². The first-order valence-electron chi connectivity index (χ1n) is 8.76. The number of hydrogen-bond donors (Lipinski definition) is 1. The predicted molar refractivity (Wildman–Crippen MR) is 104 cm³/mol. The Bertz CT molecular complexity index is 1130. The third-order valence-corrected chi connectivity index (χ3v) is 4.25. The molecule has 0 atom stereocenters. The van der Waals surface area contributed by atoms with Crippen LogP contribution in [0.1, 0.15) is 12.5 Å². The van der Waals surface area contributed by atoms with Crippen molar-refractivity contribution < 1.29 is 9.47 Å². The van der Waals surface area contributed by atoms with Crippen molar-refractivity contribution in [1.82, 2.24) is 30.2 Å². The molecule has 0 aliphatic rings. The number of nitrogens with two attached hydrogens (primary N) is 1. The van der Waals surface area contributed by atoms with Crippen LogP contribution in [0.5, 0.6) is 11.5 Å². The second-order valence-electron chi connectivity index (χ2n) is 6.08. The Morgan fingerprint density at radius 1 is 1.11 bits per heavy atom. The molecule has 0 fully saturated rings. The Balaban J connectivity index is 1.82. The minimum Gasteiger partial charge on any atom is -0.493 e. The van der Waals surface area contributed by atoms with Crippen LogP contribution in [-0.2, 0) is 6.54 Å². The summed E-state index contributed by atoms with van der Waals surface area (Å²) in [6.07, 6.45) is 1.48. The summed E-state index contributed by atoms with van der Waals surface area (Å²) in [7, 11) is 1.60. The van der Waals surface area contributed by atoms with Crippen molar-refractivity contribution in [3.05, 3.63) is 48.3 Å². The lowest BCUT2D eigenvalue weighted by Crippen LogP contribution is -2.06. The quantitative estimate of drug-likeness (QED) is 0.509. The van der Waals surface area contributed by atoms with Crippen LogP contribution in [-0.4, -0.2) is 43.9 Å². The van der Waals surface area contributed by atoms with Crippen molar-refractivity contribution in [3.63, 3.8) is 0 Å². The summed E-state index contributed by atoms with van der Waals surface area (Å²) in [5, 5.41) is 12.9. The maximum Gasteiger partial charge on any atom is 0.201 e. The van der Waals surface area contributed by atoms with E-state index >= 15 is 0 Å². The predicted octanol–water partition coefficient (Wildman–Crippen LogP) is 2.32. The van der Waals surface area contributed by atoms with Crippen molar-refractivity contribution in [2.45, 2.75) is 13.5 Å². The van der Waals surface area contributed by atoms with E-state index in [0.717, 1.165) is 10.9 Å². The Kier molecular flexibility index (Phi) is 4.71. The average Bonchev–Trinajstić information content (AvgIpc) is 3.15. The standard InChI is InChI=1S/C19H19N7O2/c1-3-28-17-8-14-15(9-16(17)27-2)21-11-22-18(14)19-23-24-25-26(19)10-12-5-4-6-13(20)7-12/h4-9,11H,3,10,20H2,1-2H3. The van der Waals surface area contributed by atoms with Crippen LogP contribution in [0.4, 0.5) is 5.69 Å². The van der Waals surface area contributed by atoms with Crippen molar-refractivity contribution in [2.75, 3.05) is 19.5 Å².